The summed E-state index contributed by atoms with van der Waals surface area (Å²) in [5, 5.41) is 2.16. The maximum absolute atomic E-state index is 11.9. The molecule has 1 heterocycles. The Morgan fingerprint density at radius 2 is 2.00 bits per heavy atom. The van der Waals surface area contributed by atoms with Crippen molar-refractivity contribution in [3.05, 3.63) is 0 Å². The standard InChI is InChI=1S/C10H13N3O4/c11-6(14)2-1-5-13-8(16)10(3-4-10)7(15)12-9(13)17/h1-5H2,(H2,11,14)(H,12,15,17). The SMILES string of the molecule is NC(=O)CCCN1C(=O)NC(=O)C2(CC2)C1=O. The van der Waals surface area contributed by atoms with E-state index >= 15 is 0 Å². The highest BCUT2D eigenvalue weighted by Gasteiger charge is 2.61. The van der Waals surface area contributed by atoms with Crippen molar-refractivity contribution in [1.29, 1.82) is 0 Å². The van der Waals surface area contributed by atoms with Gasteiger partial charge in [-0.3, -0.25) is 24.6 Å². The molecule has 2 rings (SSSR count). The van der Waals surface area contributed by atoms with Crippen LogP contribution < -0.4 is 11.1 Å². The van der Waals surface area contributed by atoms with Crippen LogP contribution in [0.1, 0.15) is 25.7 Å². The van der Waals surface area contributed by atoms with Crippen LogP contribution in [0.15, 0.2) is 0 Å². The van der Waals surface area contributed by atoms with E-state index in [1.807, 2.05) is 0 Å². The van der Waals surface area contributed by atoms with E-state index in [9.17, 15) is 19.2 Å². The summed E-state index contributed by atoms with van der Waals surface area (Å²) in [5.74, 6) is -1.43. The highest BCUT2D eigenvalue weighted by molar-refractivity contribution is 6.20. The van der Waals surface area contributed by atoms with Crippen molar-refractivity contribution < 1.29 is 19.2 Å². The lowest BCUT2D eigenvalue weighted by Crippen LogP contribution is -2.59. The summed E-state index contributed by atoms with van der Waals surface area (Å²) in [4.78, 5) is 46.4. The number of urea groups is 1. The molecular weight excluding hydrogens is 226 g/mol. The summed E-state index contributed by atoms with van der Waals surface area (Å²) in [6.45, 7) is 0.114. The van der Waals surface area contributed by atoms with Crippen molar-refractivity contribution in [2.75, 3.05) is 6.54 Å². The molecule has 1 spiro atoms. The van der Waals surface area contributed by atoms with E-state index in [0.717, 1.165) is 4.90 Å². The van der Waals surface area contributed by atoms with Gasteiger partial charge in [0, 0.05) is 13.0 Å². The van der Waals surface area contributed by atoms with Gasteiger partial charge in [0.15, 0.2) is 0 Å². The zero-order valence-corrected chi connectivity index (χ0v) is 9.19. The first-order valence-corrected chi connectivity index (χ1v) is 5.43. The summed E-state index contributed by atoms with van der Waals surface area (Å²) >= 11 is 0. The smallest absolute Gasteiger partial charge is 0.330 e. The van der Waals surface area contributed by atoms with Gasteiger partial charge in [0.05, 0.1) is 0 Å². The number of hydrogen-bond acceptors (Lipinski definition) is 4. The Morgan fingerprint density at radius 1 is 1.35 bits per heavy atom. The van der Waals surface area contributed by atoms with E-state index in [1.165, 1.54) is 0 Å². The van der Waals surface area contributed by atoms with Gasteiger partial charge in [-0.1, -0.05) is 0 Å². The van der Waals surface area contributed by atoms with Gasteiger partial charge in [0.25, 0.3) is 0 Å². The predicted molar refractivity (Wildman–Crippen MR) is 55.3 cm³/mol. The van der Waals surface area contributed by atoms with E-state index < -0.39 is 29.2 Å². The Kier molecular flexibility index (Phi) is 2.60. The van der Waals surface area contributed by atoms with Crippen LogP contribution in [-0.2, 0) is 14.4 Å². The lowest BCUT2D eigenvalue weighted by Gasteiger charge is -2.30. The van der Waals surface area contributed by atoms with Crippen molar-refractivity contribution >= 4 is 23.8 Å². The maximum atomic E-state index is 11.9. The van der Waals surface area contributed by atoms with Crippen molar-refractivity contribution in [3.63, 3.8) is 0 Å². The van der Waals surface area contributed by atoms with Crippen molar-refractivity contribution in [3.8, 4) is 0 Å². The van der Waals surface area contributed by atoms with Crippen LogP contribution in [0, 0.1) is 5.41 Å². The van der Waals surface area contributed by atoms with E-state index in [1.54, 1.807) is 0 Å². The minimum atomic E-state index is -1.01. The molecule has 0 aromatic rings. The summed E-state index contributed by atoms with van der Waals surface area (Å²) in [6.07, 6.45) is 1.39. The van der Waals surface area contributed by atoms with Crippen LogP contribution in [0.3, 0.4) is 0 Å². The summed E-state index contributed by atoms with van der Waals surface area (Å²) in [5.41, 5.74) is 3.95. The van der Waals surface area contributed by atoms with Crippen LogP contribution in [-0.4, -0.2) is 35.2 Å². The quantitative estimate of drug-likeness (QED) is 0.620. The first-order valence-electron chi connectivity index (χ1n) is 5.43. The molecule has 7 nitrogen and oxygen atoms in total. The monoisotopic (exact) mass is 239 g/mol. The minimum absolute atomic E-state index is 0.109. The fraction of sp³-hybridized carbons (Fsp3) is 0.600. The Labute approximate surface area is 97.3 Å². The highest BCUT2D eigenvalue weighted by Crippen LogP contribution is 2.48. The van der Waals surface area contributed by atoms with E-state index in [0.29, 0.717) is 19.3 Å². The predicted octanol–water partition coefficient (Wildman–Crippen LogP) is -0.890. The zero-order valence-electron chi connectivity index (χ0n) is 9.19. The summed E-state index contributed by atoms with van der Waals surface area (Å²) in [7, 11) is 0. The largest absolute Gasteiger partial charge is 0.370 e. The molecule has 0 aromatic heterocycles. The normalized spacial score (nSPS) is 21.6. The average Bonchev–Trinajstić information content (AvgIpc) is 3.02. The Balaban J connectivity index is 2.01. The second kappa shape index (κ2) is 3.83. The molecule has 1 saturated carbocycles. The number of barbiturate groups is 1. The molecule has 3 N–H and O–H groups in total. The molecule has 17 heavy (non-hydrogen) atoms. The lowest BCUT2D eigenvalue weighted by atomic mass is 10.0. The third-order valence-electron chi connectivity index (χ3n) is 3.11. The van der Waals surface area contributed by atoms with Gasteiger partial charge >= 0.3 is 6.03 Å². The topological polar surface area (TPSA) is 110 Å². The number of nitrogens with two attached hydrogens (primary N) is 1. The van der Waals surface area contributed by atoms with Crippen LogP contribution in [0.5, 0.6) is 0 Å². The fourth-order valence-corrected chi connectivity index (χ4v) is 1.91. The Bertz CT molecular complexity index is 414. The Hall–Kier alpha value is -1.92. The van der Waals surface area contributed by atoms with Crippen molar-refractivity contribution in [2.45, 2.75) is 25.7 Å². The number of carbonyl (C=O) groups is 4. The maximum Gasteiger partial charge on any atom is 0.330 e. The molecule has 5 amide bonds. The lowest BCUT2D eigenvalue weighted by molar-refractivity contribution is -0.144. The molecule has 2 aliphatic rings. The van der Waals surface area contributed by atoms with Gasteiger partial charge in [0.2, 0.25) is 17.7 Å². The second-order valence-corrected chi connectivity index (χ2v) is 4.37. The minimum Gasteiger partial charge on any atom is -0.370 e. The molecule has 0 bridgehead atoms. The number of carbonyl (C=O) groups excluding carboxylic acids is 4. The zero-order chi connectivity index (χ0) is 12.6. The molecule has 0 atom stereocenters. The van der Waals surface area contributed by atoms with Gasteiger partial charge in [0.1, 0.15) is 5.41 Å². The van der Waals surface area contributed by atoms with E-state index in [2.05, 4.69) is 5.32 Å². The van der Waals surface area contributed by atoms with Gasteiger partial charge in [-0.25, -0.2) is 4.79 Å². The van der Waals surface area contributed by atoms with Crippen LogP contribution in [0.4, 0.5) is 4.79 Å². The van der Waals surface area contributed by atoms with Gasteiger partial charge < -0.3 is 5.73 Å². The number of hydrogen-bond donors (Lipinski definition) is 2. The van der Waals surface area contributed by atoms with Crippen LogP contribution >= 0.6 is 0 Å². The second-order valence-electron chi connectivity index (χ2n) is 4.37. The third kappa shape index (κ3) is 1.88. The molecule has 7 heteroatoms. The average molecular weight is 239 g/mol. The van der Waals surface area contributed by atoms with Gasteiger partial charge in [-0.15, -0.1) is 0 Å². The van der Waals surface area contributed by atoms with Gasteiger partial charge in [-0.2, -0.15) is 0 Å². The van der Waals surface area contributed by atoms with Crippen LogP contribution in [0.25, 0.3) is 0 Å². The molecule has 1 aliphatic heterocycles. The fourth-order valence-electron chi connectivity index (χ4n) is 1.91. The first-order chi connectivity index (χ1) is 7.97. The number of rotatable bonds is 4. The molecular formula is C10H13N3O4. The summed E-state index contributed by atoms with van der Waals surface area (Å²) in [6, 6.07) is -0.706. The molecule has 0 unspecified atom stereocenters. The van der Waals surface area contributed by atoms with Crippen molar-refractivity contribution in [1.82, 2.24) is 10.2 Å². The van der Waals surface area contributed by atoms with Gasteiger partial charge in [-0.05, 0) is 19.3 Å². The summed E-state index contributed by atoms with van der Waals surface area (Å²) < 4.78 is 0. The number of amides is 5. The molecule has 2 fully saturated rings. The number of nitrogens with one attached hydrogen (secondary N) is 1. The number of nitrogens with zero attached hydrogens (tertiary/aromatic N) is 1. The van der Waals surface area contributed by atoms with Crippen molar-refractivity contribution in [2.24, 2.45) is 11.1 Å². The van der Waals surface area contributed by atoms with Crippen LogP contribution in [0.2, 0.25) is 0 Å². The Morgan fingerprint density at radius 3 is 2.53 bits per heavy atom. The third-order valence-corrected chi connectivity index (χ3v) is 3.11. The highest BCUT2D eigenvalue weighted by atomic mass is 16.2. The van der Waals surface area contributed by atoms with E-state index in [4.69, 9.17) is 5.73 Å². The molecule has 0 aromatic carbocycles. The number of imide groups is 2. The number of primary amides is 1. The molecule has 1 aliphatic carbocycles. The first kappa shape index (κ1) is 11.6. The molecule has 1 saturated heterocycles. The van der Waals surface area contributed by atoms with E-state index in [-0.39, 0.29) is 13.0 Å². The molecule has 92 valence electrons. The molecule has 0 radical (unpaired) electrons.